The largest absolute Gasteiger partial charge is 0.486 e. The Bertz CT molecular complexity index is 703. The standard InChI is InChI=1S/C17H19N3O3/c1-2-6-18-12-5-7-19-14(10-12)17(21)20-13-3-4-15-16(11-13)23-9-8-22-15/h3-5,7,10-11H,2,6,8-9H2,1H3,(H,18,19)(H,20,21). The van der Waals surface area contributed by atoms with Crippen molar-refractivity contribution in [2.24, 2.45) is 0 Å². The third-order valence-corrected chi connectivity index (χ3v) is 3.37. The molecule has 0 spiro atoms. The zero-order valence-corrected chi connectivity index (χ0v) is 13.0. The molecular formula is C17H19N3O3. The Labute approximate surface area is 134 Å². The van der Waals surface area contributed by atoms with Crippen molar-refractivity contribution < 1.29 is 14.3 Å². The second kappa shape index (κ2) is 7.00. The lowest BCUT2D eigenvalue weighted by Crippen LogP contribution is -2.17. The molecule has 120 valence electrons. The molecule has 2 aromatic rings. The van der Waals surface area contributed by atoms with E-state index >= 15 is 0 Å². The maximum Gasteiger partial charge on any atom is 0.274 e. The molecule has 0 radical (unpaired) electrons. The monoisotopic (exact) mass is 313 g/mol. The number of hydrogen-bond donors (Lipinski definition) is 2. The van der Waals surface area contributed by atoms with Gasteiger partial charge in [0, 0.05) is 30.2 Å². The van der Waals surface area contributed by atoms with Gasteiger partial charge >= 0.3 is 0 Å². The van der Waals surface area contributed by atoms with Crippen LogP contribution >= 0.6 is 0 Å². The molecule has 1 aromatic carbocycles. The van der Waals surface area contributed by atoms with E-state index in [0.717, 1.165) is 18.7 Å². The number of hydrogen-bond acceptors (Lipinski definition) is 5. The molecule has 3 rings (SSSR count). The molecule has 1 aromatic heterocycles. The van der Waals surface area contributed by atoms with E-state index in [-0.39, 0.29) is 5.91 Å². The number of rotatable bonds is 5. The highest BCUT2D eigenvalue weighted by Crippen LogP contribution is 2.32. The Kier molecular flexibility index (Phi) is 4.61. The molecule has 0 fully saturated rings. The van der Waals surface area contributed by atoms with Crippen LogP contribution in [0.2, 0.25) is 0 Å². The average molecular weight is 313 g/mol. The lowest BCUT2D eigenvalue weighted by atomic mass is 10.2. The van der Waals surface area contributed by atoms with Gasteiger partial charge in [-0.25, -0.2) is 0 Å². The number of amides is 1. The summed E-state index contributed by atoms with van der Waals surface area (Å²) < 4.78 is 11.0. The Hall–Kier alpha value is -2.76. The fourth-order valence-corrected chi connectivity index (χ4v) is 2.25. The molecule has 6 heteroatoms. The smallest absolute Gasteiger partial charge is 0.274 e. The van der Waals surface area contributed by atoms with Crippen LogP contribution in [0.3, 0.4) is 0 Å². The van der Waals surface area contributed by atoms with E-state index in [1.165, 1.54) is 0 Å². The number of nitrogens with zero attached hydrogens (tertiary/aromatic N) is 1. The molecular weight excluding hydrogens is 294 g/mol. The number of carbonyl (C=O) groups excluding carboxylic acids is 1. The Morgan fingerprint density at radius 3 is 2.78 bits per heavy atom. The molecule has 0 saturated heterocycles. The maximum absolute atomic E-state index is 12.3. The van der Waals surface area contributed by atoms with Crippen LogP contribution in [0.5, 0.6) is 11.5 Å². The summed E-state index contributed by atoms with van der Waals surface area (Å²) in [5, 5.41) is 6.06. The van der Waals surface area contributed by atoms with Gasteiger partial charge in [-0.05, 0) is 30.7 Å². The van der Waals surface area contributed by atoms with Crippen LogP contribution in [-0.2, 0) is 0 Å². The third kappa shape index (κ3) is 3.71. The molecule has 1 amide bonds. The van der Waals surface area contributed by atoms with Gasteiger partial charge in [0.15, 0.2) is 11.5 Å². The van der Waals surface area contributed by atoms with Crippen molar-refractivity contribution in [3.05, 3.63) is 42.2 Å². The molecule has 2 heterocycles. The van der Waals surface area contributed by atoms with Crippen molar-refractivity contribution in [3.8, 4) is 11.5 Å². The van der Waals surface area contributed by atoms with E-state index in [1.54, 1.807) is 30.5 Å². The molecule has 0 saturated carbocycles. The molecule has 0 atom stereocenters. The first-order chi connectivity index (χ1) is 11.3. The summed E-state index contributed by atoms with van der Waals surface area (Å²) in [6.45, 7) is 3.99. The minimum Gasteiger partial charge on any atom is -0.486 e. The van der Waals surface area contributed by atoms with Crippen molar-refractivity contribution >= 4 is 17.3 Å². The first kappa shape index (κ1) is 15.1. The fourth-order valence-electron chi connectivity index (χ4n) is 2.25. The van der Waals surface area contributed by atoms with Gasteiger partial charge in [0.05, 0.1) is 0 Å². The van der Waals surface area contributed by atoms with Crippen molar-refractivity contribution in [1.82, 2.24) is 4.98 Å². The van der Waals surface area contributed by atoms with Crippen LogP contribution in [0.25, 0.3) is 0 Å². The zero-order valence-electron chi connectivity index (χ0n) is 13.0. The average Bonchev–Trinajstić information content (AvgIpc) is 2.60. The van der Waals surface area contributed by atoms with Crippen molar-refractivity contribution in [2.45, 2.75) is 13.3 Å². The minimum atomic E-state index is -0.262. The van der Waals surface area contributed by atoms with Crippen LogP contribution in [0.15, 0.2) is 36.5 Å². The summed E-state index contributed by atoms with van der Waals surface area (Å²) in [4.78, 5) is 16.5. The highest BCUT2D eigenvalue weighted by atomic mass is 16.6. The van der Waals surface area contributed by atoms with Gasteiger partial charge in [0.25, 0.3) is 5.91 Å². The molecule has 1 aliphatic rings. The highest BCUT2D eigenvalue weighted by molar-refractivity contribution is 6.03. The number of pyridine rings is 1. The first-order valence-electron chi connectivity index (χ1n) is 7.67. The number of aromatic nitrogens is 1. The van der Waals surface area contributed by atoms with Crippen molar-refractivity contribution in [1.29, 1.82) is 0 Å². The topological polar surface area (TPSA) is 72.5 Å². The van der Waals surface area contributed by atoms with Gasteiger partial charge in [-0.15, -0.1) is 0 Å². The summed E-state index contributed by atoms with van der Waals surface area (Å²) in [7, 11) is 0. The summed E-state index contributed by atoms with van der Waals surface area (Å²) in [5.74, 6) is 1.07. The molecule has 0 unspecified atom stereocenters. The first-order valence-corrected chi connectivity index (χ1v) is 7.67. The summed E-state index contributed by atoms with van der Waals surface area (Å²) >= 11 is 0. The molecule has 6 nitrogen and oxygen atoms in total. The number of ether oxygens (including phenoxy) is 2. The second-order valence-electron chi connectivity index (χ2n) is 5.17. The third-order valence-electron chi connectivity index (χ3n) is 3.37. The molecule has 2 N–H and O–H groups in total. The quantitative estimate of drug-likeness (QED) is 0.888. The number of nitrogens with one attached hydrogen (secondary N) is 2. The van der Waals surface area contributed by atoms with E-state index in [9.17, 15) is 4.79 Å². The van der Waals surface area contributed by atoms with E-state index in [2.05, 4.69) is 22.5 Å². The van der Waals surface area contributed by atoms with E-state index in [0.29, 0.717) is 36.1 Å². The number of carbonyl (C=O) groups is 1. The lowest BCUT2D eigenvalue weighted by molar-refractivity contribution is 0.102. The zero-order chi connectivity index (χ0) is 16.1. The van der Waals surface area contributed by atoms with E-state index in [1.807, 2.05) is 6.07 Å². The molecule has 23 heavy (non-hydrogen) atoms. The van der Waals surface area contributed by atoms with Crippen LogP contribution in [0.1, 0.15) is 23.8 Å². The van der Waals surface area contributed by atoms with Crippen molar-refractivity contribution in [2.75, 3.05) is 30.4 Å². The van der Waals surface area contributed by atoms with Gasteiger partial charge in [-0.1, -0.05) is 6.92 Å². The maximum atomic E-state index is 12.3. The Balaban J connectivity index is 1.71. The summed E-state index contributed by atoms with van der Waals surface area (Å²) in [6, 6.07) is 8.91. The van der Waals surface area contributed by atoms with Crippen LogP contribution in [0, 0.1) is 0 Å². The van der Waals surface area contributed by atoms with Gasteiger partial charge in [0.2, 0.25) is 0 Å². The van der Waals surface area contributed by atoms with Crippen LogP contribution in [0.4, 0.5) is 11.4 Å². The number of anilines is 2. The van der Waals surface area contributed by atoms with E-state index in [4.69, 9.17) is 9.47 Å². The van der Waals surface area contributed by atoms with Gasteiger partial charge < -0.3 is 20.1 Å². The normalized spacial score (nSPS) is 12.6. The van der Waals surface area contributed by atoms with Crippen LogP contribution < -0.4 is 20.1 Å². The number of fused-ring (bicyclic) bond motifs is 1. The van der Waals surface area contributed by atoms with Crippen molar-refractivity contribution in [3.63, 3.8) is 0 Å². The van der Waals surface area contributed by atoms with Gasteiger partial charge in [0.1, 0.15) is 18.9 Å². The van der Waals surface area contributed by atoms with Gasteiger partial charge in [-0.2, -0.15) is 0 Å². The Morgan fingerprint density at radius 2 is 1.96 bits per heavy atom. The Morgan fingerprint density at radius 1 is 1.13 bits per heavy atom. The molecule has 0 bridgehead atoms. The van der Waals surface area contributed by atoms with Gasteiger partial charge in [-0.3, -0.25) is 9.78 Å². The van der Waals surface area contributed by atoms with E-state index < -0.39 is 0 Å². The predicted molar refractivity (Wildman–Crippen MR) is 88.4 cm³/mol. The number of benzene rings is 1. The fraction of sp³-hybridized carbons (Fsp3) is 0.294. The van der Waals surface area contributed by atoms with Crippen LogP contribution in [-0.4, -0.2) is 30.6 Å². The SMILES string of the molecule is CCCNc1ccnc(C(=O)Nc2ccc3c(c2)OCCO3)c1. The lowest BCUT2D eigenvalue weighted by Gasteiger charge is -2.19. The molecule has 1 aliphatic heterocycles. The second-order valence-corrected chi connectivity index (χ2v) is 5.17. The summed E-state index contributed by atoms with van der Waals surface area (Å²) in [5.41, 5.74) is 1.89. The minimum absolute atomic E-state index is 0.262. The summed E-state index contributed by atoms with van der Waals surface area (Å²) in [6.07, 6.45) is 2.64. The molecule has 0 aliphatic carbocycles. The highest BCUT2D eigenvalue weighted by Gasteiger charge is 2.14. The predicted octanol–water partition coefficient (Wildman–Crippen LogP) is 2.93.